The van der Waals surface area contributed by atoms with Crippen LogP contribution in [0.25, 0.3) is 11.0 Å². The zero-order valence-corrected chi connectivity index (χ0v) is 25.3. The molecule has 1 amide bonds. The monoisotopic (exact) mass is 619 g/mol. The summed E-state index contributed by atoms with van der Waals surface area (Å²) in [7, 11) is 5.29. The van der Waals surface area contributed by atoms with Crippen molar-refractivity contribution in [3.05, 3.63) is 69.2 Å². The number of hydrogen-bond donors (Lipinski definition) is 5. The molecule has 2 aromatic heterocycles. The number of nitrogens with one attached hydrogen (secondary N) is 4. The van der Waals surface area contributed by atoms with Gasteiger partial charge in [0.2, 0.25) is 0 Å². The van der Waals surface area contributed by atoms with Crippen LogP contribution in [-0.2, 0) is 6.42 Å². The third-order valence-corrected chi connectivity index (χ3v) is 5.47. The number of aliphatic imine (C=N–C) groups is 2. The molecule has 0 spiro atoms. The van der Waals surface area contributed by atoms with Gasteiger partial charge in [-0.15, -0.1) is 12.8 Å². The second-order valence-electron chi connectivity index (χ2n) is 7.76. The first kappa shape index (κ1) is 34.9. The molecule has 0 unspecified atom stereocenters. The molecule has 11 nitrogen and oxygen atoms in total. The predicted octanol–water partition coefficient (Wildman–Crippen LogP) is 5.04. The van der Waals surface area contributed by atoms with E-state index in [2.05, 4.69) is 53.6 Å². The van der Waals surface area contributed by atoms with Gasteiger partial charge in [0.25, 0.3) is 5.91 Å². The molecule has 218 valence electrons. The normalized spacial score (nSPS) is 10.5. The number of hydrogen-bond acceptors (Lipinski definition) is 6. The van der Waals surface area contributed by atoms with Crippen molar-refractivity contribution >= 4 is 69.6 Å². The molecule has 0 radical (unpaired) electrons. The number of terminal acetylenes is 1. The summed E-state index contributed by atoms with van der Waals surface area (Å²) < 4.78 is 5.20. The van der Waals surface area contributed by atoms with Gasteiger partial charge >= 0.3 is 0 Å². The maximum absolute atomic E-state index is 12.6. The molecule has 2 heterocycles. The standard InChI is InChI=1S/C20H19Cl3N6O2.C3H4N2.C2H7N.C2H2/c1-10(24)26-9-27-11-5-13(22)19(14(23)6-11)20(30)25-4-3-18-28-15-7-12(21)17(31-2)8-16(15)29-18;1-2-4-5-3-1;1-3-2;1-2/h5-9H,3-4H2,1-2H3,(H,25,30)(H,28,29)(H2,24,26,27);1-3H,(H,4,5);3H,1-2H3;1-2H. The van der Waals surface area contributed by atoms with Crippen LogP contribution in [0.3, 0.4) is 0 Å². The van der Waals surface area contributed by atoms with Gasteiger partial charge in [-0.1, -0.05) is 34.8 Å². The highest BCUT2D eigenvalue weighted by Gasteiger charge is 2.16. The molecule has 2 aromatic carbocycles. The molecular weight excluding hydrogens is 589 g/mol. The predicted molar refractivity (Wildman–Crippen MR) is 169 cm³/mol. The molecule has 0 aliphatic rings. The topological polar surface area (TPSA) is 158 Å². The quantitative estimate of drug-likeness (QED) is 0.111. The number of methoxy groups -OCH3 is 1. The Hall–Kier alpha value is -4.08. The van der Waals surface area contributed by atoms with Crippen LogP contribution in [-0.4, -0.2) is 66.0 Å². The molecule has 4 aromatic rings. The van der Waals surface area contributed by atoms with Crippen molar-refractivity contribution in [2.75, 3.05) is 27.7 Å². The Bertz CT molecular complexity index is 1410. The van der Waals surface area contributed by atoms with Gasteiger partial charge in [-0.25, -0.2) is 15.0 Å². The SMILES string of the molecule is C#C.CNC.COc1cc2nc(CCNC(=O)c3c(Cl)cc(N=CN=C(C)N)cc3Cl)[nH]c2cc1Cl.c1cn[nH]c1. The lowest BCUT2D eigenvalue weighted by Gasteiger charge is -2.09. The van der Waals surface area contributed by atoms with Crippen LogP contribution in [0.15, 0.2) is 52.7 Å². The fourth-order valence-corrected chi connectivity index (χ4v) is 3.86. The fraction of sp³-hybridized carbons (Fsp3) is 0.222. The zero-order valence-electron chi connectivity index (χ0n) is 23.0. The Morgan fingerprint density at radius 1 is 1.15 bits per heavy atom. The number of nitrogens with two attached hydrogens (primary N) is 1. The molecule has 0 bridgehead atoms. The summed E-state index contributed by atoms with van der Waals surface area (Å²) >= 11 is 18.6. The fourth-order valence-electron chi connectivity index (χ4n) is 2.97. The molecular formula is C27H32Cl3N9O2. The average Bonchev–Trinajstić information content (AvgIpc) is 3.63. The van der Waals surface area contributed by atoms with Crippen LogP contribution >= 0.6 is 34.8 Å². The lowest BCUT2D eigenvalue weighted by molar-refractivity contribution is 0.0954. The second-order valence-corrected chi connectivity index (χ2v) is 8.98. The van der Waals surface area contributed by atoms with E-state index in [1.165, 1.54) is 18.5 Å². The summed E-state index contributed by atoms with van der Waals surface area (Å²) in [4.78, 5) is 28.2. The number of carbonyl (C=O) groups excluding carboxylic acids is 1. The third kappa shape index (κ3) is 11.9. The van der Waals surface area contributed by atoms with Crippen LogP contribution in [0.1, 0.15) is 23.1 Å². The number of aromatic nitrogens is 4. The number of benzene rings is 2. The van der Waals surface area contributed by atoms with Gasteiger partial charge in [0, 0.05) is 31.4 Å². The second kappa shape index (κ2) is 19.1. The van der Waals surface area contributed by atoms with E-state index in [1.807, 2.05) is 20.2 Å². The lowest BCUT2D eigenvalue weighted by atomic mass is 10.2. The van der Waals surface area contributed by atoms with E-state index in [1.54, 1.807) is 38.6 Å². The molecule has 4 rings (SSSR count). The number of fused-ring (bicyclic) bond motifs is 1. The number of rotatable bonds is 7. The summed E-state index contributed by atoms with van der Waals surface area (Å²) in [6, 6.07) is 8.38. The minimum atomic E-state index is -0.401. The van der Waals surface area contributed by atoms with E-state index in [9.17, 15) is 4.79 Å². The van der Waals surface area contributed by atoms with E-state index >= 15 is 0 Å². The molecule has 0 aliphatic carbocycles. The number of ether oxygens (including phenoxy) is 1. The summed E-state index contributed by atoms with van der Waals surface area (Å²) in [6.45, 7) is 1.96. The van der Waals surface area contributed by atoms with E-state index in [0.29, 0.717) is 41.1 Å². The van der Waals surface area contributed by atoms with Gasteiger partial charge in [0.15, 0.2) is 0 Å². The first-order chi connectivity index (χ1) is 19.7. The first-order valence-corrected chi connectivity index (χ1v) is 13.0. The number of aromatic amines is 2. The maximum atomic E-state index is 12.6. The van der Waals surface area contributed by atoms with E-state index in [4.69, 9.17) is 45.3 Å². The van der Waals surface area contributed by atoms with Gasteiger partial charge in [-0.2, -0.15) is 5.10 Å². The number of halogens is 3. The molecule has 0 atom stereocenters. The Balaban J connectivity index is 0.000000721. The number of carbonyl (C=O) groups is 1. The van der Waals surface area contributed by atoms with Crippen LogP contribution in [0.2, 0.25) is 15.1 Å². The molecule has 6 N–H and O–H groups in total. The highest BCUT2D eigenvalue weighted by molar-refractivity contribution is 6.40. The van der Waals surface area contributed by atoms with Gasteiger partial charge in [-0.05, 0) is 45.3 Å². The Kier molecular flexibility index (Phi) is 16.3. The van der Waals surface area contributed by atoms with Gasteiger partial charge in [0.1, 0.15) is 17.9 Å². The number of imidazole rings is 1. The van der Waals surface area contributed by atoms with Crippen LogP contribution < -0.4 is 21.1 Å². The van der Waals surface area contributed by atoms with Crippen molar-refractivity contribution in [2.24, 2.45) is 15.7 Å². The van der Waals surface area contributed by atoms with E-state index < -0.39 is 5.91 Å². The minimum Gasteiger partial charge on any atom is -0.495 e. The molecule has 0 saturated heterocycles. The number of amides is 1. The number of nitrogens with zero attached hydrogens (tertiary/aromatic N) is 4. The van der Waals surface area contributed by atoms with Crippen molar-refractivity contribution in [1.29, 1.82) is 0 Å². The highest BCUT2D eigenvalue weighted by atomic mass is 35.5. The van der Waals surface area contributed by atoms with E-state index in [-0.39, 0.29) is 15.6 Å². The zero-order chi connectivity index (χ0) is 30.8. The first-order valence-electron chi connectivity index (χ1n) is 11.9. The van der Waals surface area contributed by atoms with Crippen molar-refractivity contribution < 1.29 is 9.53 Å². The third-order valence-electron chi connectivity index (χ3n) is 4.58. The lowest BCUT2D eigenvalue weighted by Crippen LogP contribution is -2.26. The average molecular weight is 621 g/mol. The van der Waals surface area contributed by atoms with Crippen molar-refractivity contribution in [3.63, 3.8) is 0 Å². The smallest absolute Gasteiger partial charge is 0.254 e. The van der Waals surface area contributed by atoms with Crippen molar-refractivity contribution in [3.8, 4) is 18.6 Å². The van der Waals surface area contributed by atoms with E-state index in [0.717, 1.165) is 11.0 Å². The van der Waals surface area contributed by atoms with Gasteiger partial charge < -0.3 is 26.1 Å². The maximum Gasteiger partial charge on any atom is 0.254 e. The molecule has 0 fully saturated rings. The number of amidine groups is 1. The summed E-state index contributed by atoms with van der Waals surface area (Å²) in [5.41, 5.74) is 7.57. The summed E-state index contributed by atoms with van der Waals surface area (Å²) in [6.07, 6.45) is 13.2. The minimum absolute atomic E-state index is 0.168. The van der Waals surface area contributed by atoms with Crippen molar-refractivity contribution in [1.82, 2.24) is 30.8 Å². The molecule has 41 heavy (non-hydrogen) atoms. The molecule has 0 aliphatic heterocycles. The van der Waals surface area contributed by atoms with Crippen LogP contribution in [0.5, 0.6) is 5.75 Å². The summed E-state index contributed by atoms with van der Waals surface area (Å²) in [5, 5.41) is 12.6. The van der Waals surface area contributed by atoms with Crippen LogP contribution in [0.4, 0.5) is 5.69 Å². The molecule has 0 saturated carbocycles. The summed E-state index contributed by atoms with van der Waals surface area (Å²) in [5.74, 6) is 1.20. The van der Waals surface area contributed by atoms with Crippen molar-refractivity contribution in [2.45, 2.75) is 13.3 Å². The Morgan fingerprint density at radius 2 is 1.80 bits per heavy atom. The molecule has 14 heteroatoms. The Labute approximate surface area is 253 Å². The Morgan fingerprint density at radius 3 is 2.32 bits per heavy atom. The van der Waals surface area contributed by atoms with Gasteiger partial charge in [0.05, 0.1) is 50.3 Å². The highest BCUT2D eigenvalue weighted by Crippen LogP contribution is 2.31. The number of H-pyrrole nitrogens is 2. The largest absolute Gasteiger partial charge is 0.495 e. The van der Waals surface area contributed by atoms with Gasteiger partial charge in [-0.3, -0.25) is 9.89 Å². The van der Waals surface area contributed by atoms with Crippen LogP contribution in [0, 0.1) is 12.8 Å².